The lowest BCUT2D eigenvalue weighted by atomic mass is 10.2. The maximum Gasteiger partial charge on any atom is 0.313 e. The van der Waals surface area contributed by atoms with Gasteiger partial charge in [-0.1, -0.05) is 17.7 Å². The lowest BCUT2D eigenvalue weighted by molar-refractivity contribution is -0.136. The second-order valence-electron chi connectivity index (χ2n) is 4.66. The second-order valence-corrected chi connectivity index (χ2v) is 6.05. The first-order chi connectivity index (χ1) is 11.0. The zero-order valence-electron chi connectivity index (χ0n) is 11.9. The van der Waals surface area contributed by atoms with Gasteiger partial charge in [0.15, 0.2) is 0 Å². The molecule has 0 aliphatic rings. The van der Waals surface area contributed by atoms with Crippen LogP contribution in [0.15, 0.2) is 35.7 Å². The molecule has 0 bridgehead atoms. The Balaban J connectivity index is 1.78. The van der Waals surface area contributed by atoms with E-state index in [0.717, 1.165) is 10.9 Å². The van der Waals surface area contributed by atoms with E-state index in [2.05, 4.69) is 10.6 Å². The average molecular weight is 357 g/mol. The van der Waals surface area contributed by atoms with Gasteiger partial charge in [-0.2, -0.15) is 0 Å². The third kappa shape index (κ3) is 5.02. The van der Waals surface area contributed by atoms with Crippen LogP contribution in [0, 0.1) is 5.82 Å². The van der Waals surface area contributed by atoms with Crippen LogP contribution in [0.1, 0.15) is 17.4 Å². The predicted molar refractivity (Wildman–Crippen MR) is 86.9 cm³/mol. The molecular weight excluding hydrogens is 343 g/mol. The summed E-state index contributed by atoms with van der Waals surface area (Å²) in [5.41, 5.74) is 0.218. The molecular formula is C15H14ClFN2O3S. The van der Waals surface area contributed by atoms with Crippen LogP contribution in [0.2, 0.25) is 5.02 Å². The zero-order valence-corrected chi connectivity index (χ0v) is 13.5. The Morgan fingerprint density at radius 3 is 2.74 bits per heavy atom. The molecule has 1 atom stereocenters. The van der Waals surface area contributed by atoms with E-state index in [0.29, 0.717) is 6.42 Å². The van der Waals surface area contributed by atoms with Crippen LogP contribution in [-0.2, 0) is 9.59 Å². The molecule has 1 heterocycles. The lowest BCUT2D eigenvalue weighted by Gasteiger charge is -2.10. The minimum Gasteiger partial charge on any atom is -0.388 e. The first kappa shape index (κ1) is 17.4. The van der Waals surface area contributed by atoms with Crippen molar-refractivity contribution in [2.75, 3.05) is 11.9 Å². The number of hydrogen-bond donors (Lipinski definition) is 3. The maximum atomic E-state index is 13.0. The number of aliphatic hydroxyl groups is 1. The van der Waals surface area contributed by atoms with Gasteiger partial charge in [-0.25, -0.2) is 4.39 Å². The number of nitrogens with one attached hydrogen (secondary N) is 2. The number of carbonyl (C=O) groups is 2. The van der Waals surface area contributed by atoms with Crippen molar-refractivity contribution in [2.24, 2.45) is 0 Å². The van der Waals surface area contributed by atoms with Crippen molar-refractivity contribution < 1.29 is 19.1 Å². The van der Waals surface area contributed by atoms with Gasteiger partial charge in [0, 0.05) is 17.1 Å². The van der Waals surface area contributed by atoms with E-state index in [1.807, 2.05) is 11.4 Å². The molecule has 0 aliphatic carbocycles. The number of carbonyl (C=O) groups excluding carboxylic acids is 2. The molecule has 23 heavy (non-hydrogen) atoms. The monoisotopic (exact) mass is 356 g/mol. The van der Waals surface area contributed by atoms with Crippen LogP contribution < -0.4 is 10.6 Å². The highest BCUT2D eigenvalue weighted by molar-refractivity contribution is 7.10. The fourth-order valence-electron chi connectivity index (χ4n) is 1.79. The van der Waals surface area contributed by atoms with Crippen molar-refractivity contribution >= 4 is 40.4 Å². The summed E-state index contributed by atoms with van der Waals surface area (Å²) in [4.78, 5) is 24.1. The molecule has 0 spiro atoms. The third-order valence-electron chi connectivity index (χ3n) is 2.96. The summed E-state index contributed by atoms with van der Waals surface area (Å²) in [5.74, 6) is -2.35. The molecule has 8 heteroatoms. The average Bonchev–Trinajstić information content (AvgIpc) is 3.05. The van der Waals surface area contributed by atoms with E-state index in [1.54, 1.807) is 6.07 Å². The van der Waals surface area contributed by atoms with Gasteiger partial charge in [0.2, 0.25) is 0 Å². The van der Waals surface area contributed by atoms with E-state index in [4.69, 9.17) is 11.6 Å². The number of anilines is 1. The van der Waals surface area contributed by atoms with Gasteiger partial charge >= 0.3 is 11.8 Å². The number of aliphatic hydroxyl groups excluding tert-OH is 1. The van der Waals surface area contributed by atoms with Crippen molar-refractivity contribution in [3.63, 3.8) is 0 Å². The topological polar surface area (TPSA) is 78.4 Å². The highest BCUT2D eigenvalue weighted by atomic mass is 35.5. The van der Waals surface area contributed by atoms with E-state index in [1.165, 1.54) is 23.5 Å². The number of thiophene rings is 1. The van der Waals surface area contributed by atoms with E-state index < -0.39 is 23.7 Å². The van der Waals surface area contributed by atoms with Crippen molar-refractivity contribution in [3.8, 4) is 0 Å². The van der Waals surface area contributed by atoms with Crippen molar-refractivity contribution in [2.45, 2.75) is 12.5 Å². The summed E-state index contributed by atoms with van der Waals surface area (Å²) in [6, 6.07) is 7.22. The Morgan fingerprint density at radius 2 is 2.09 bits per heavy atom. The minimum absolute atomic E-state index is 0.148. The molecule has 2 aromatic rings. The smallest absolute Gasteiger partial charge is 0.313 e. The molecule has 0 fully saturated rings. The molecule has 0 saturated carbocycles. The van der Waals surface area contributed by atoms with E-state index >= 15 is 0 Å². The van der Waals surface area contributed by atoms with E-state index in [-0.39, 0.29) is 17.3 Å². The van der Waals surface area contributed by atoms with Crippen LogP contribution >= 0.6 is 22.9 Å². The van der Waals surface area contributed by atoms with Crippen molar-refractivity contribution in [1.29, 1.82) is 0 Å². The molecule has 0 radical (unpaired) electrons. The maximum absolute atomic E-state index is 13.0. The molecule has 0 saturated heterocycles. The lowest BCUT2D eigenvalue weighted by Crippen LogP contribution is -2.36. The molecule has 0 aliphatic heterocycles. The second kappa shape index (κ2) is 8.05. The molecule has 3 N–H and O–H groups in total. The molecule has 2 amide bonds. The Morgan fingerprint density at radius 1 is 1.30 bits per heavy atom. The fraction of sp³-hybridized carbons (Fsp3) is 0.200. The van der Waals surface area contributed by atoms with Gasteiger partial charge in [0.1, 0.15) is 5.82 Å². The molecule has 2 rings (SSSR count). The number of rotatable bonds is 5. The number of amides is 2. The van der Waals surface area contributed by atoms with Crippen LogP contribution in [-0.4, -0.2) is 23.5 Å². The normalized spacial score (nSPS) is 11.8. The van der Waals surface area contributed by atoms with Gasteiger partial charge < -0.3 is 15.7 Å². The summed E-state index contributed by atoms with van der Waals surface area (Å²) < 4.78 is 13.0. The SMILES string of the molecule is O=C(NCC[C@H](O)c1cccs1)C(=O)Nc1ccc(F)c(Cl)c1. The highest BCUT2D eigenvalue weighted by Gasteiger charge is 2.15. The summed E-state index contributed by atoms with van der Waals surface area (Å²) in [7, 11) is 0. The van der Waals surface area contributed by atoms with Crippen LogP contribution in [0.4, 0.5) is 10.1 Å². The third-order valence-corrected chi connectivity index (χ3v) is 4.22. The van der Waals surface area contributed by atoms with Crippen LogP contribution in [0.3, 0.4) is 0 Å². The number of halogens is 2. The van der Waals surface area contributed by atoms with Gasteiger partial charge in [-0.15, -0.1) is 11.3 Å². The highest BCUT2D eigenvalue weighted by Crippen LogP contribution is 2.21. The summed E-state index contributed by atoms with van der Waals surface area (Å²) in [6.07, 6.45) is -0.392. The molecule has 0 unspecified atom stereocenters. The van der Waals surface area contributed by atoms with Crippen molar-refractivity contribution in [1.82, 2.24) is 5.32 Å². The number of benzene rings is 1. The summed E-state index contributed by atoms with van der Waals surface area (Å²) in [6.45, 7) is 0.148. The largest absolute Gasteiger partial charge is 0.388 e. The van der Waals surface area contributed by atoms with Gasteiger partial charge in [-0.3, -0.25) is 9.59 Å². The van der Waals surface area contributed by atoms with Gasteiger partial charge in [-0.05, 0) is 36.1 Å². The van der Waals surface area contributed by atoms with Gasteiger partial charge in [0.05, 0.1) is 11.1 Å². The van der Waals surface area contributed by atoms with Crippen molar-refractivity contribution in [3.05, 3.63) is 51.4 Å². The quantitative estimate of drug-likeness (QED) is 0.721. The minimum atomic E-state index is -0.890. The first-order valence-corrected chi connectivity index (χ1v) is 7.99. The van der Waals surface area contributed by atoms with E-state index in [9.17, 15) is 19.1 Å². The van der Waals surface area contributed by atoms with Crippen LogP contribution in [0.5, 0.6) is 0 Å². The zero-order chi connectivity index (χ0) is 16.8. The fourth-order valence-corrected chi connectivity index (χ4v) is 2.71. The molecule has 122 valence electrons. The number of hydrogen-bond acceptors (Lipinski definition) is 4. The summed E-state index contributed by atoms with van der Waals surface area (Å²) >= 11 is 7.01. The Labute approximate surface area is 141 Å². The first-order valence-electron chi connectivity index (χ1n) is 6.73. The Kier molecular flexibility index (Phi) is 6.09. The van der Waals surface area contributed by atoms with Crippen LogP contribution in [0.25, 0.3) is 0 Å². The predicted octanol–water partition coefficient (Wildman–Crippen LogP) is 2.72. The van der Waals surface area contributed by atoms with Gasteiger partial charge in [0.25, 0.3) is 0 Å². The molecule has 5 nitrogen and oxygen atoms in total. The summed E-state index contributed by atoms with van der Waals surface area (Å²) in [5, 5.41) is 16.3. The molecule has 1 aromatic heterocycles. The molecule has 1 aromatic carbocycles. The Hall–Kier alpha value is -1.96. The standard InChI is InChI=1S/C15H14ClFN2O3S/c16-10-8-9(3-4-11(10)17)19-15(22)14(21)18-6-5-12(20)13-2-1-7-23-13/h1-4,7-8,12,20H,5-6H2,(H,18,21)(H,19,22)/t12-/m0/s1. The Bertz CT molecular complexity index is 694.